The maximum atomic E-state index is 13.6. The van der Waals surface area contributed by atoms with Crippen LogP contribution in [0.15, 0.2) is 29.6 Å². The van der Waals surface area contributed by atoms with Gasteiger partial charge in [-0.15, -0.1) is 15.7 Å². The molecule has 2 aromatic rings. The molecule has 0 amide bonds. The third kappa shape index (κ3) is 7.53. The molecule has 2 aliphatic rings. The van der Waals surface area contributed by atoms with Crippen LogP contribution in [0.4, 0.5) is 0 Å². The number of ketones is 2. The quantitative estimate of drug-likeness (QED) is 0.153. The maximum Gasteiger partial charge on any atom is 0.335 e. The van der Waals surface area contributed by atoms with E-state index in [0.717, 1.165) is 0 Å². The van der Waals surface area contributed by atoms with Crippen molar-refractivity contribution >= 4 is 40.7 Å². The molecule has 15 heteroatoms. The summed E-state index contributed by atoms with van der Waals surface area (Å²) in [4.78, 5) is 68.0. The Bertz CT molecular complexity index is 1450. The number of rotatable bonds is 6. The summed E-state index contributed by atoms with van der Waals surface area (Å²) in [6.45, 7) is 9.92. The first kappa shape index (κ1) is 34.1. The smallest absolute Gasteiger partial charge is 0.335 e. The van der Waals surface area contributed by atoms with Crippen molar-refractivity contribution in [2.75, 3.05) is 7.11 Å². The second kappa shape index (κ2) is 13.7. The van der Waals surface area contributed by atoms with E-state index in [-0.39, 0.29) is 23.8 Å². The van der Waals surface area contributed by atoms with Crippen molar-refractivity contribution in [1.82, 2.24) is 20.7 Å². The van der Waals surface area contributed by atoms with E-state index in [2.05, 4.69) is 25.8 Å². The van der Waals surface area contributed by atoms with Crippen LogP contribution in [0.5, 0.6) is 0 Å². The third-order valence-corrected chi connectivity index (χ3v) is 9.65. The second-order valence-electron chi connectivity index (χ2n) is 12.2. The Balaban J connectivity index is 1.59. The number of ether oxygens (including phenoxy) is 2. The minimum Gasteiger partial charge on any atom is -0.440 e. The van der Waals surface area contributed by atoms with Crippen LogP contribution in [-0.4, -0.2) is 63.0 Å². The Kier molecular flexibility index (Phi) is 10.3. The maximum absolute atomic E-state index is 13.6. The molecule has 2 fully saturated rings. The van der Waals surface area contributed by atoms with Crippen LogP contribution in [0.25, 0.3) is 10.7 Å². The highest BCUT2D eigenvalue weighted by molar-refractivity contribution is 7.14. The van der Waals surface area contributed by atoms with Crippen molar-refractivity contribution in [3.63, 3.8) is 0 Å². The Hall–Kier alpha value is -3.82. The van der Waals surface area contributed by atoms with Gasteiger partial charge in [0.15, 0.2) is 27.7 Å². The van der Waals surface area contributed by atoms with Crippen LogP contribution in [0, 0.1) is 29.6 Å². The van der Waals surface area contributed by atoms with Gasteiger partial charge in [0.1, 0.15) is 29.1 Å². The van der Waals surface area contributed by atoms with E-state index >= 15 is 0 Å². The van der Waals surface area contributed by atoms with Gasteiger partial charge in [-0.05, 0) is 52.7 Å². The lowest BCUT2D eigenvalue weighted by Gasteiger charge is -2.35. The number of carbonyl (C=O) groups excluding carboxylic acids is 4. The predicted octanol–water partition coefficient (Wildman–Crippen LogP) is 3.14. The van der Waals surface area contributed by atoms with Crippen molar-refractivity contribution < 1.29 is 38.3 Å². The minimum absolute atomic E-state index is 0.169. The molecular formula is C30H40N6O8S. The number of nitrogens with zero attached hydrogens (tertiary/aromatic N) is 4. The van der Waals surface area contributed by atoms with Crippen LogP contribution in [-0.2, 0) is 38.3 Å². The zero-order valence-corrected chi connectivity index (χ0v) is 27.3. The molecule has 4 rings (SSSR count). The van der Waals surface area contributed by atoms with Crippen LogP contribution < -0.4 is 11.2 Å². The molecule has 14 nitrogen and oxygen atoms in total. The first-order chi connectivity index (χ1) is 21.2. The van der Waals surface area contributed by atoms with E-state index in [0.29, 0.717) is 28.6 Å². The molecular weight excluding hydrogens is 604 g/mol. The third-order valence-electron chi connectivity index (χ3n) is 8.54. The highest BCUT2D eigenvalue weighted by Gasteiger charge is 2.57. The number of fused-ring (bicyclic) bond motifs is 1. The van der Waals surface area contributed by atoms with E-state index in [4.69, 9.17) is 24.9 Å². The molecule has 8 atom stereocenters. The average Bonchev–Trinajstić information content (AvgIpc) is 3.60. The first-order valence-corrected chi connectivity index (χ1v) is 15.6. The van der Waals surface area contributed by atoms with Gasteiger partial charge >= 0.3 is 11.9 Å². The summed E-state index contributed by atoms with van der Waals surface area (Å²) in [5, 5.41) is 13.4. The first-order valence-electron chi connectivity index (χ1n) is 14.7. The normalized spacial score (nSPS) is 32.7. The lowest BCUT2D eigenvalue weighted by atomic mass is 9.77. The van der Waals surface area contributed by atoms with E-state index in [1.807, 2.05) is 19.1 Å². The Morgan fingerprint density at radius 1 is 1.11 bits per heavy atom. The lowest BCUT2D eigenvalue weighted by Crippen LogP contribution is -2.52. The summed E-state index contributed by atoms with van der Waals surface area (Å²) in [6, 6.07) is 5.44. The molecule has 244 valence electrons. The van der Waals surface area contributed by atoms with E-state index in [1.165, 1.54) is 32.3 Å². The van der Waals surface area contributed by atoms with Gasteiger partial charge in [-0.3, -0.25) is 19.4 Å². The molecule has 45 heavy (non-hydrogen) atoms. The fourth-order valence-electron chi connectivity index (χ4n) is 5.76. The van der Waals surface area contributed by atoms with Gasteiger partial charge in [0.2, 0.25) is 0 Å². The number of aromatic nitrogens is 3. The molecule has 0 spiro atoms. The second-order valence-corrected chi connectivity index (χ2v) is 13.2. The number of pyridine rings is 1. The molecule has 0 aromatic carbocycles. The Labute approximate surface area is 265 Å². The zero-order chi connectivity index (χ0) is 33.1. The van der Waals surface area contributed by atoms with E-state index in [9.17, 15) is 19.2 Å². The van der Waals surface area contributed by atoms with Gasteiger partial charge in [0, 0.05) is 37.5 Å². The molecule has 0 bridgehead atoms. The van der Waals surface area contributed by atoms with Crippen molar-refractivity contribution in [2.45, 2.75) is 78.2 Å². The van der Waals surface area contributed by atoms with Crippen LogP contribution >= 0.6 is 11.3 Å². The van der Waals surface area contributed by atoms with Crippen LogP contribution in [0.1, 0.15) is 71.9 Å². The summed E-state index contributed by atoms with van der Waals surface area (Å²) in [7, 11) is 1.52. The largest absolute Gasteiger partial charge is 0.440 e. The standard InChI is InChI=1S/C30H40N6O8S/c1-15-13-29(5,41-7)14-16(2)23(38)17(3)27(39)44-36-30(6)19(12-21(15)37)22(28(40)42-30)24(31)35-43-18(4)25-33-34-26(45-25)20-10-8-9-11-32-20/h8-11,15-19,22,36H,12-14H2,1-7H3,(H2,31,35)/t15-,16?,17?,18?,19?,22?,29-,30+/m1/s1. The number of esters is 1. The van der Waals surface area contributed by atoms with Gasteiger partial charge < -0.3 is 24.9 Å². The van der Waals surface area contributed by atoms with Gasteiger partial charge in [-0.25, -0.2) is 4.79 Å². The van der Waals surface area contributed by atoms with E-state index < -0.39 is 59.0 Å². The minimum atomic E-state index is -1.67. The highest BCUT2D eigenvalue weighted by atomic mass is 32.1. The molecule has 2 aliphatic heterocycles. The van der Waals surface area contributed by atoms with Crippen molar-refractivity contribution in [1.29, 1.82) is 0 Å². The molecule has 2 saturated heterocycles. The number of methoxy groups -OCH3 is 1. The molecule has 4 heterocycles. The van der Waals surface area contributed by atoms with Crippen molar-refractivity contribution in [3.05, 3.63) is 29.4 Å². The van der Waals surface area contributed by atoms with E-state index in [1.54, 1.807) is 33.0 Å². The zero-order valence-electron chi connectivity index (χ0n) is 26.4. The number of nitrogens with one attached hydrogen (secondary N) is 1. The lowest BCUT2D eigenvalue weighted by molar-refractivity contribution is -0.188. The fourth-order valence-corrected chi connectivity index (χ4v) is 6.56. The fraction of sp³-hybridized carbons (Fsp3) is 0.600. The molecule has 5 unspecified atom stereocenters. The topological polar surface area (TPSA) is 194 Å². The molecule has 3 N–H and O–H groups in total. The van der Waals surface area contributed by atoms with Gasteiger partial charge in [-0.2, -0.15) is 0 Å². The van der Waals surface area contributed by atoms with Gasteiger partial charge in [0.25, 0.3) is 0 Å². The highest BCUT2D eigenvalue weighted by Crippen LogP contribution is 2.40. The van der Waals surface area contributed by atoms with Crippen LogP contribution in [0.3, 0.4) is 0 Å². The Morgan fingerprint density at radius 2 is 1.82 bits per heavy atom. The summed E-state index contributed by atoms with van der Waals surface area (Å²) in [5.41, 5.74) is 7.00. The molecule has 2 aromatic heterocycles. The SMILES string of the molecule is CO[C@@]1(C)CC(C)C(=O)C(C)C(=O)ON[C@@]2(C)OC(=O)C(/C(N)=N/OC(C)c3nnc(-c4ccccn4)s3)C2CC(=O)[C@H](C)C1. The number of hydrogen-bond acceptors (Lipinski definition) is 14. The Morgan fingerprint density at radius 3 is 2.49 bits per heavy atom. The molecule has 0 radical (unpaired) electrons. The summed E-state index contributed by atoms with van der Waals surface area (Å²) >= 11 is 1.27. The number of nitrogens with two attached hydrogens (primary N) is 1. The molecule has 0 aliphatic carbocycles. The number of hydroxylamine groups is 1. The summed E-state index contributed by atoms with van der Waals surface area (Å²) < 4.78 is 11.4. The van der Waals surface area contributed by atoms with Gasteiger partial charge in [-0.1, -0.05) is 36.4 Å². The van der Waals surface area contributed by atoms with Crippen molar-refractivity contribution in [2.24, 2.45) is 40.5 Å². The van der Waals surface area contributed by atoms with Crippen LogP contribution in [0.2, 0.25) is 0 Å². The monoisotopic (exact) mass is 644 g/mol. The van der Waals surface area contributed by atoms with Gasteiger partial charge in [0.05, 0.1) is 5.60 Å². The average molecular weight is 645 g/mol. The number of hydrogen-bond donors (Lipinski definition) is 2. The van der Waals surface area contributed by atoms with Crippen molar-refractivity contribution in [3.8, 4) is 10.7 Å². The summed E-state index contributed by atoms with van der Waals surface area (Å²) in [6.07, 6.45) is 1.41. The molecule has 0 saturated carbocycles. The number of oxime groups is 1. The number of Topliss-reactive ketones (excluding diaryl/α,β-unsaturated/α-hetero) is 2. The number of carbonyl (C=O) groups is 4. The summed E-state index contributed by atoms with van der Waals surface area (Å²) in [5.74, 6) is -6.75. The predicted molar refractivity (Wildman–Crippen MR) is 162 cm³/mol. The number of amidine groups is 1.